The van der Waals surface area contributed by atoms with Crippen LogP contribution in [-0.4, -0.2) is 46.9 Å². The summed E-state index contributed by atoms with van der Waals surface area (Å²) in [6.07, 6.45) is 1.64. The molecule has 0 bridgehead atoms. The van der Waals surface area contributed by atoms with Crippen molar-refractivity contribution in [3.63, 3.8) is 0 Å². The van der Waals surface area contributed by atoms with Crippen molar-refractivity contribution in [2.24, 2.45) is 0 Å². The summed E-state index contributed by atoms with van der Waals surface area (Å²) in [6.45, 7) is 17.1. The Balaban J connectivity index is 0.00000580. The summed E-state index contributed by atoms with van der Waals surface area (Å²) in [6, 6.07) is 32.7. The number of halogens is 2. The van der Waals surface area contributed by atoms with Crippen LogP contribution in [0, 0.1) is 13.8 Å². The molecule has 1 aliphatic heterocycles. The van der Waals surface area contributed by atoms with Gasteiger partial charge in [0.25, 0.3) is 0 Å². The second-order valence-corrected chi connectivity index (χ2v) is 14.9. The third-order valence-corrected chi connectivity index (χ3v) is 10.3. The summed E-state index contributed by atoms with van der Waals surface area (Å²) in [4.78, 5) is 22.4. The van der Waals surface area contributed by atoms with Gasteiger partial charge < -0.3 is 19.1 Å². The Labute approximate surface area is 337 Å². The number of nitrogens with zero attached hydrogens (tertiary/aromatic N) is 3. The number of benzene rings is 4. The molecule has 9 heteroatoms. The molecule has 55 heavy (non-hydrogen) atoms. The topological polar surface area (TPSA) is 64.1 Å². The van der Waals surface area contributed by atoms with Crippen LogP contribution >= 0.6 is 24.0 Å². The summed E-state index contributed by atoms with van der Waals surface area (Å²) in [5, 5.41) is 0.455. The van der Waals surface area contributed by atoms with Crippen LogP contribution in [0.5, 0.6) is 23.1 Å². The first-order chi connectivity index (χ1) is 26.0. The average Bonchev–Trinajstić information content (AvgIpc) is 3.18. The second-order valence-electron chi connectivity index (χ2n) is 14.5. The van der Waals surface area contributed by atoms with Crippen LogP contribution in [0.1, 0.15) is 72.6 Å². The predicted molar refractivity (Wildman–Crippen MR) is 225 cm³/mol. The van der Waals surface area contributed by atoms with Crippen LogP contribution in [0.2, 0.25) is 5.02 Å². The fourth-order valence-electron chi connectivity index (χ4n) is 6.38. The third kappa shape index (κ3) is 11.1. The van der Waals surface area contributed by atoms with Gasteiger partial charge >= 0.3 is 0 Å². The van der Waals surface area contributed by atoms with Crippen LogP contribution < -0.4 is 14.2 Å². The van der Waals surface area contributed by atoms with E-state index in [0.29, 0.717) is 60.2 Å². The molecule has 1 amide bonds. The molecule has 7 nitrogen and oxygen atoms in total. The van der Waals surface area contributed by atoms with Crippen LogP contribution in [0.25, 0.3) is 5.57 Å². The number of amides is 1. The maximum absolute atomic E-state index is 13.6. The Morgan fingerprint density at radius 2 is 1.35 bits per heavy atom. The zero-order valence-corrected chi connectivity index (χ0v) is 34.2. The molecule has 4 aromatic carbocycles. The van der Waals surface area contributed by atoms with Gasteiger partial charge in [-0.2, -0.15) is 0 Å². The van der Waals surface area contributed by atoms with Gasteiger partial charge in [-0.1, -0.05) is 91.7 Å². The van der Waals surface area contributed by atoms with Crippen LogP contribution in [0.4, 0.5) is 0 Å². The number of aryl methyl sites for hydroxylation is 2. The number of ether oxygens (including phenoxy) is 3. The highest BCUT2D eigenvalue weighted by Crippen LogP contribution is 2.36. The molecule has 1 aliphatic rings. The number of carbonyl (C=O) groups excluding carboxylic acids is 1. The molecule has 0 saturated carbocycles. The van der Waals surface area contributed by atoms with Gasteiger partial charge in [0.2, 0.25) is 11.8 Å². The van der Waals surface area contributed by atoms with Gasteiger partial charge in [-0.3, -0.25) is 9.69 Å². The minimum absolute atomic E-state index is 0. The van der Waals surface area contributed by atoms with Gasteiger partial charge in [-0.25, -0.2) is 4.98 Å². The molecule has 6 rings (SSSR count). The second kappa shape index (κ2) is 19.2. The minimum atomic E-state index is 0. The van der Waals surface area contributed by atoms with Crippen molar-refractivity contribution in [3.8, 4) is 23.1 Å². The van der Waals surface area contributed by atoms with Gasteiger partial charge in [0.15, 0.2) is 5.75 Å². The van der Waals surface area contributed by atoms with E-state index in [4.69, 9.17) is 25.8 Å². The number of hydrogen-bond donors (Lipinski definition) is 0. The molecule has 2 heterocycles. The number of rotatable bonds is 13. The number of pyridine rings is 1. The number of allylic oxidation sites excluding steroid dienone is 1. The highest BCUT2D eigenvalue weighted by Gasteiger charge is 2.24. The van der Waals surface area contributed by atoms with Crippen molar-refractivity contribution in [3.05, 3.63) is 153 Å². The normalized spacial score (nSPS) is 13.6. The monoisotopic (exact) mass is 779 g/mol. The van der Waals surface area contributed by atoms with Crippen LogP contribution in [-0.2, 0) is 24.6 Å². The minimum Gasteiger partial charge on any atom is -0.489 e. The highest BCUT2D eigenvalue weighted by atomic mass is 35.5. The van der Waals surface area contributed by atoms with Gasteiger partial charge in [-0.05, 0) is 103 Å². The van der Waals surface area contributed by atoms with E-state index in [0.717, 1.165) is 53.2 Å². The SMILES string of the molecule is CC(C(=O)N1CCN(Cc2ccc(COc3ccc(C(C)C)cc3)cc2)CC1)=C(C)c1cc(C)c(Oc2ccc(OCc3ccc(C)cc3)cn2)c(Cl)c1.Cl. The molecule has 0 atom stereocenters. The Kier molecular flexibility index (Phi) is 14.4. The summed E-state index contributed by atoms with van der Waals surface area (Å²) >= 11 is 6.76. The first kappa shape index (κ1) is 41.3. The van der Waals surface area contributed by atoms with E-state index >= 15 is 0 Å². The lowest BCUT2D eigenvalue weighted by Crippen LogP contribution is -2.48. The van der Waals surface area contributed by atoms with Gasteiger partial charge in [0, 0.05) is 44.4 Å². The Bertz CT molecular complexity index is 2030. The molecular weight excluding hydrogens is 729 g/mol. The quantitative estimate of drug-likeness (QED) is 0.111. The van der Waals surface area contributed by atoms with Crippen molar-refractivity contribution in [2.45, 2.75) is 67.2 Å². The van der Waals surface area contributed by atoms with Gasteiger partial charge in [0.05, 0.1) is 11.2 Å². The standard InChI is InChI=1S/C46H50ClN3O4.ClH/c1-31(2)39-15-17-41(18-16-39)52-29-38-13-11-36(12-14-38)28-49-21-23-50(24-22-49)46(51)35(6)34(5)40-25-33(4)45(43(47)26-40)54-44-20-19-42(27-48-44)53-30-37-9-7-32(3)8-10-37;/h7-20,25-27,31H,21-24,28-30H2,1-6H3;1H. The Morgan fingerprint density at radius 1 is 0.764 bits per heavy atom. The zero-order chi connectivity index (χ0) is 38.2. The van der Waals surface area contributed by atoms with E-state index in [9.17, 15) is 4.79 Å². The molecule has 0 N–H and O–H groups in total. The first-order valence-electron chi connectivity index (χ1n) is 18.6. The van der Waals surface area contributed by atoms with Crippen molar-refractivity contribution < 1.29 is 19.0 Å². The summed E-state index contributed by atoms with van der Waals surface area (Å²) < 4.78 is 18.0. The van der Waals surface area contributed by atoms with Crippen LogP contribution in [0.3, 0.4) is 0 Å². The third-order valence-electron chi connectivity index (χ3n) is 10.0. The lowest BCUT2D eigenvalue weighted by Gasteiger charge is -2.35. The van der Waals surface area contributed by atoms with E-state index in [2.05, 4.69) is 91.3 Å². The summed E-state index contributed by atoms with van der Waals surface area (Å²) in [5.41, 5.74) is 9.35. The molecule has 5 aromatic rings. The summed E-state index contributed by atoms with van der Waals surface area (Å²) in [7, 11) is 0. The molecule has 1 aromatic heterocycles. The van der Waals surface area contributed by atoms with Crippen molar-refractivity contribution >= 4 is 35.5 Å². The van der Waals surface area contributed by atoms with Crippen molar-refractivity contribution in [1.29, 1.82) is 0 Å². The molecule has 0 spiro atoms. The molecule has 1 saturated heterocycles. The van der Waals surface area contributed by atoms with Crippen molar-refractivity contribution in [1.82, 2.24) is 14.8 Å². The van der Waals surface area contributed by atoms with E-state index in [1.807, 2.05) is 56.0 Å². The Hall–Kier alpha value is -4.82. The van der Waals surface area contributed by atoms with E-state index in [1.54, 1.807) is 12.3 Å². The number of aromatic nitrogens is 1. The first-order valence-corrected chi connectivity index (χ1v) is 19.0. The van der Waals surface area contributed by atoms with Gasteiger partial charge in [-0.15, -0.1) is 12.4 Å². The largest absolute Gasteiger partial charge is 0.489 e. The average molecular weight is 781 g/mol. The van der Waals surface area contributed by atoms with Gasteiger partial charge in [0.1, 0.15) is 24.7 Å². The molecule has 1 fully saturated rings. The maximum atomic E-state index is 13.6. The van der Waals surface area contributed by atoms with Crippen LogP contribution in [0.15, 0.2) is 109 Å². The van der Waals surface area contributed by atoms with E-state index in [1.165, 1.54) is 16.7 Å². The fraction of sp³-hybridized carbons (Fsp3) is 0.304. The smallest absolute Gasteiger partial charge is 0.249 e. The molecule has 288 valence electrons. The fourth-order valence-corrected chi connectivity index (χ4v) is 6.69. The lowest BCUT2D eigenvalue weighted by atomic mass is 9.99. The molecule has 0 aliphatic carbocycles. The molecule has 0 radical (unpaired) electrons. The predicted octanol–water partition coefficient (Wildman–Crippen LogP) is 11.0. The molecule has 0 unspecified atom stereocenters. The van der Waals surface area contributed by atoms with E-state index in [-0.39, 0.29) is 18.3 Å². The molecular formula is C46H51Cl2N3O4. The number of hydrogen-bond acceptors (Lipinski definition) is 6. The maximum Gasteiger partial charge on any atom is 0.249 e. The van der Waals surface area contributed by atoms with E-state index < -0.39 is 0 Å². The Morgan fingerprint density at radius 3 is 1.93 bits per heavy atom. The van der Waals surface area contributed by atoms with Crippen molar-refractivity contribution in [2.75, 3.05) is 26.2 Å². The summed E-state index contributed by atoms with van der Waals surface area (Å²) in [5.74, 6) is 3.04. The number of carbonyl (C=O) groups is 1. The number of piperazine rings is 1. The lowest BCUT2D eigenvalue weighted by molar-refractivity contribution is -0.128. The highest BCUT2D eigenvalue weighted by molar-refractivity contribution is 6.32. The zero-order valence-electron chi connectivity index (χ0n) is 32.6.